The second kappa shape index (κ2) is 7.77. The molecule has 2 aromatic heterocycles. The van der Waals surface area contributed by atoms with Crippen LogP contribution in [0.3, 0.4) is 0 Å². The SMILES string of the molecule is CC(C)CCCn1cc(CNc2ncc3c(n2)N2CCCC2C(=O)N3C)cn1. The molecule has 0 saturated carbocycles. The van der Waals surface area contributed by atoms with Crippen LogP contribution in [0, 0.1) is 5.92 Å². The Morgan fingerprint density at radius 2 is 2.18 bits per heavy atom. The molecule has 0 bridgehead atoms. The maximum atomic E-state index is 12.5. The molecule has 1 saturated heterocycles. The Balaban J connectivity index is 1.41. The van der Waals surface area contributed by atoms with E-state index in [0.29, 0.717) is 12.5 Å². The van der Waals surface area contributed by atoms with E-state index in [9.17, 15) is 4.79 Å². The Labute approximate surface area is 165 Å². The van der Waals surface area contributed by atoms with Gasteiger partial charge in [-0.25, -0.2) is 4.98 Å². The fraction of sp³-hybridized carbons (Fsp3) is 0.600. The van der Waals surface area contributed by atoms with Crippen LogP contribution in [0.5, 0.6) is 0 Å². The lowest BCUT2D eigenvalue weighted by Gasteiger charge is -2.36. The standard InChI is InChI=1S/C20H29N7O/c1-14(2)6-4-8-26-13-15(11-23-26)10-21-20-22-12-17-18(24-20)27-9-5-7-16(27)19(28)25(17)3/h11-14,16H,4-10H2,1-3H3,(H,21,22,24). The molecule has 0 spiro atoms. The van der Waals surface area contributed by atoms with E-state index in [0.717, 1.165) is 55.3 Å². The molecule has 0 aromatic carbocycles. The van der Waals surface area contributed by atoms with Crippen molar-refractivity contribution in [3.05, 3.63) is 24.2 Å². The summed E-state index contributed by atoms with van der Waals surface area (Å²) in [6.07, 6.45) is 9.98. The fourth-order valence-corrected chi connectivity index (χ4v) is 3.98. The first-order valence-electron chi connectivity index (χ1n) is 10.2. The van der Waals surface area contributed by atoms with Crippen LogP contribution in [0.1, 0.15) is 45.1 Å². The minimum Gasteiger partial charge on any atom is -0.350 e. The largest absolute Gasteiger partial charge is 0.350 e. The number of carbonyl (C=O) groups is 1. The molecule has 28 heavy (non-hydrogen) atoms. The quantitative estimate of drug-likeness (QED) is 0.792. The average Bonchev–Trinajstić information content (AvgIpc) is 3.34. The summed E-state index contributed by atoms with van der Waals surface area (Å²) in [4.78, 5) is 25.4. The van der Waals surface area contributed by atoms with Crippen molar-refractivity contribution in [2.45, 2.75) is 58.7 Å². The normalized spacial score (nSPS) is 18.6. The van der Waals surface area contributed by atoms with Crippen LogP contribution < -0.4 is 15.1 Å². The van der Waals surface area contributed by atoms with Gasteiger partial charge >= 0.3 is 0 Å². The number of likely N-dealkylation sites (N-methyl/N-ethyl adjacent to an activating group) is 1. The van der Waals surface area contributed by atoms with Crippen LogP contribution in [-0.2, 0) is 17.9 Å². The van der Waals surface area contributed by atoms with E-state index in [1.807, 2.05) is 10.9 Å². The van der Waals surface area contributed by atoms with Crippen LogP contribution in [0.4, 0.5) is 17.5 Å². The minimum absolute atomic E-state index is 0.0793. The fourth-order valence-electron chi connectivity index (χ4n) is 3.98. The summed E-state index contributed by atoms with van der Waals surface area (Å²) in [5, 5.41) is 7.74. The summed E-state index contributed by atoms with van der Waals surface area (Å²) >= 11 is 0. The number of hydrogen-bond donors (Lipinski definition) is 1. The van der Waals surface area contributed by atoms with Gasteiger partial charge in [-0.15, -0.1) is 0 Å². The molecule has 2 aliphatic rings. The van der Waals surface area contributed by atoms with Gasteiger partial charge in [0.1, 0.15) is 11.7 Å². The summed E-state index contributed by atoms with van der Waals surface area (Å²) in [6.45, 7) is 6.94. The van der Waals surface area contributed by atoms with E-state index < -0.39 is 0 Å². The minimum atomic E-state index is -0.0793. The molecule has 2 aliphatic heterocycles. The Morgan fingerprint density at radius 1 is 1.32 bits per heavy atom. The Bertz CT molecular complexity index is 847. The number of hydrogen-bond acceptors (Lipinski definition) is 6. The Morgan fingerprint density at radius 3 is 3.00 bits per heavy atom. The monoisotopic (exact) mass is 383 g/mol. The van der Waals surface area contributed by atoms with Crippen molar-refractivity contribution in [3.63, 3.8) is 0 Å². The van der Waals surface area contributed by atoms with Crippen molar-refractivity contribution < 1.29 is 4.79 Å². The highest BCUT2D eigenvalue weighted by Gasteiger charge is 2.40. The molecule has 1 fully saturated rings. The maximum absolute atomic E-state index is 12.5. The first-order valence-corrected chi connectivity index (χ1v) is 10.2. The second-order valence-electron chi connectivity index (χ2n) is 8.15. The second-order valence-corrected chi connectivity index (χ2v) is 8.15. The van der Waals surface area contributed by atoms with E-state index in [2.05, 4.69) is 40.3 Å². The molecule has 4 rings (SSSR count). The molecule has 1 amide bonds. The third-order valence-electron chi connectivity index (χ3n) is 5.56. The van der Waals surface area contributed by atoms with Crippen LogP contribution in [0.15, 0.2) is 18.6 Å². The van der Waals surface area contributed by atoms with E-state index in [-0.39, 0.29) is 11.9 Å². The van der Waals surface area contributed by atoms with Gasteiger partial charge in [-0.05, 0) is 31.6 Å². The van der Waals surface area contributed by atoms with Gasteiger partial charge < -0.3 is 15.1 Å². The van der Waals surface area contributed by atoms with Crippen LogP contribution in [0.2, 0.25) is 0 Å². The molecule has 1 atom stereocenters. The van der Waals surface area contributed by atoms with Gasteiger partial charge in [-0.1, -0.05) is 13.8 Å². The highest BCUT2D eigenvalue weighted by Crippen LogP contribution is 2.37. The lowest BCUT2D eigenvalue weighted by molar-refractivity contribution is -0.119. The third-order valence-corrected chi connectivity index (χ3v) is 5.56. The zero-order chi connectivity index (χ0) is 19.7. The number of nitrogens with one attached hydrogen (secondary N) is 1. The molecular weight excluding hydrogens is 354 g/mol. The molecule has 4 heterocycles. The molecule has 1 unspecified atom stereocenters. The van der Waals surface area contributed by atoms with Gasteiger partial charge in [0, 0.05) is 38.4 Å². The van der Waals surface area contributed by atoms with E-state index in [4.69, 9.17) is 4.98 Å². The average molecular weight is 384 g/mol. The van der Waals surface area contributed by atoms with E-state index in [1.54, 1.807) is 18.1 Å². The van der Waals surface area contributed by atoms with Gasteiger partial charge in [0.25, 0.3) is 0 Å². The highest BCUT2D eigenvalue weighted by molar-refractivity contribution is 6.04. The third kappa shape index (κ3) is 3.68. The van der Waals surface area contributed by atoms with Crippen molar-refractivity contribution in [2.24, 2.45) is 5.92 Å². The summed E-state index contributed by atoms with van der Waals surface area (Å²) < 4.78 is 2.00. The number of anilines is 3. The molecule has 0 radical (unpaired) electrons. The number of amides is 1. The number of aromatic nitrogens is 4. The number of fused-ring (bicyclic) bond motifs is 3. The number of carbonyl (C=O) groups excluding carboxylic acids is 1. The van der Waals surface area contributed by atoms with E-state index >= 15 is 0 Å². The van der Waals surface area contributed by atoms with Crippen molar-refractivity contribution in [1.29, 1.82) is 0 Å². The summed E-state index contributed by atoms with van der Waals surface area (Å²) in [6, 6.07) is -0.0793. The van der Waals surface area contributed by atoms with Crippen LogP contribution >= 0.6 is 0 Å². The maximum Gasteiger partial charge on any atom is 0.249 e. The molecule has 0 aliphatic carbocycles. The topological polar surface area (TPSA) is 79.2 Å². The van der Waals surface area contributed by atoms with Crippen molar-refractivity contribution in [1.82, 2.24) is 19.7 Å². The van der Waals surface area contributed by atoms with Crippen LogP contribution in [-0.4, -0.2) is 45.3 Å². The number of rotatable bonds is 7. The van der Waals surface area contributed by atoms with Gasteiger partial charge in [0.05, 0.1) is 12.4 Å². The lowest BCUT2D eigenvalue weighted by atomic mass is 10.1. The number of aryl methyl sites for hydroxylation is 1. The smallest absolute Gasteiger partial charge is 0.249 e. The molecule has 2 aromatic rings. The summed E-state index contributed by atoms with van der Waals surface area (Å²) in [5.41, 5.74) is 1.89. The molecular formula is C20H29N7O. The highest BCUT2D eigenvalue weighted by atomic mass is 16.2. The molecule has 8 heteroatoms. The van der Waals surface area contributed by atoms with Crippen molar-refractivity contribution >= 4 is 23.4 Å². The number of nitrogens with zero attached hydrogens (tertiary/aromatic N) is 6. The Hall–Kier alpha value is -2.64. The van der Waals surface area contributed by atoms with Crippen molar-refractivity contribution in [2.75, 3.05) is 28.7 Å². The summed E-state index contributed by atoms with van der Waals surface area (Å²) in [5.74, 6) is 2.30. The first-order chi connectivity index (χ1) is 13.5. The van der Waals surface area contributed by atoms with Gasteiger partial charge in [0.15, 0.2) is 5.82 Å². The zero-order valence-corrected chi connectivity index (χ0v) is 16.9. The lowest BCUT2D eigenvalue weighted by Crippen LogP contribution is -2.49. The van der Waals surface area contributed by atoms with E-state index in [1.165, 1.54) is 6.42 Å². The van der Waals surface area contributed by atoms with Gasteiger partial charge in [0.2, 0.25) is 11.9 Å². The predicted molar refractivity (Wildman–Crippen MR) is 109 cm³/mol. The molecule has 8 nitrogen and oxygen atoms in total. The summed E-state index contributed by atoms with van der Waals surface area (Å²) in [7, 11) is 1.81. The molecule has 1 N–H and O–H groups in total. The zero-order valence-electron chi connectivity index (χ0n) is 16.9. The van der Waals surface area contributed by atoms with Gasteiger partial charge in [-0.2, -0.15) is 10.1 Å². The predicted octanol–water partition coefficient (Wildman–Crippen LogP) is 2.67. The molecule has 150 valence electrons. The first kappa shape index (κ1) is 18.7. The Kier molecular flexibility index (Phi) is 5.19. The van der Waals surface area contributed by atoms with Gasteiger partial charge in [-0.3, -0.25) is 9.48 Å². The van der Waals surface area contributed by atoms with Crippen LogP contribution in [0.25, 0.3) is 0 Å². The van der Waals surface area contributed by atoms with Crippen molar-refractivity contribution in [3.8, 4) is 0 Å².